The van der Waals surface area contributed by atoms with Crippen molar-refractivity contribution in [2.75, 3.05) is 44.2 Å². The predicted molar refractivity (Wildman–Crippen MR) is 143 cm³/mol. The third-order valence-corrected chi connectivity index (χ3v) is 7.69. The van der Waals surface area contributed by atoms with E-state index in [4.69, 9.17) is 4.74 Å². The topological polar surface area (TPSA) is 94.2 Å². The van der Waals surface area contributed by atoms with Gasteiger partial charge in [-0.3, -0.25) is 25.2 Å². The number of carbonyl (C=O) groups excluding carboxylic acids is 3. The summed E-state index contributed by atoms with van der Waals surface area (Å²) in [5, 5.41) is 4.44. The van der Waals surface area contributed by atoms with Crippen LogP contribution in [0.15, 0.2) is 24.3 Å². The Balaban J connectivity index is 1.18. The molecule has 2 atom stereocenters. The molecule has 3 aliphatic rings. The largest absolute Gasteiger partial charge is 0.443 e. The van der Waals surface area contributed by atoms with Gasteiger partial charge in [0, 0.05) is 50.9 Å². The van der Waals surface area contributed by atoms with Gasteiger partial charge in [-0.25, -0.2) is 9.80 Å². The van der Waals surface area contributed by atoms with Crippen LogP contribution in [0.25, 0.3) is 0 Å². The highest BCUT2D eigenvalue weighted by Gasteiger charge is 2.29. The van der Waals surface area contributed by atoms with E-state index < -0.39 is 5.60 Å². The molecule has 3 aliphatic heterocycles. The van der Waals surface area contributed by atoms with Gasteiger partial charge in [0.05, 0.1) is 5.92 Å². The number of benzene rings is 1. The number of anilines is 1. The van der Waals surface area contributed by atoms with Gasteiger partial charge in [-0.2, -0.15) is 0 Å². The number of piperidine rings is 2. The van der Waals surface area contributed by atoms with Gasteiger partial charge in [-0.1, -0.05) is 12.1 Å². The molecule has 37 heavy (non-hydrogen) atoms. The third kappa shape index (κ3) is 7.68. The maximum absolute atomic E-state index is 12.2. The molecule has 1 aromatic carbocycles. The Labute approximate surface area is 220 Å². The van der Waals surface area contributed by atoms with Gasteiger partial charge in [0.15, 0.2) is 0 Å². The van der Waals surface area contributed by atoms with Crippen molar-refractivity contribution in [1.29, 1.82) is 0 Å². The number of amides is 3. The van der Waals surface area contributed by atoms with Crippen LogP contribution in [0.5, 0.6) is 0 Å². The van der Waals surface area contributed by atoms with Crippen molar-refractivity contribution in [3.05, 3.63) is 29.8 Å². The number of hydrazine groups is 1. The van der Waals surface area contributed by atoms with Gasteiger partial charge in [0.1, 0.15) is 5.60 Å². The lowest BCUT2D eigenvalue weighted by Gasteiger charge is -2.42. The Kier molecular flexibility index (Phi) is 8.75. The molecule has 3 fully saturated rings. The Morgan fingerprint density at radius 3 is 2.38 bits per heavy atom. The van der Waals surface area contributed by atoms with Crippen LogP contribution in [0, 0.1) is 5.92 Å². The van der Waals surface area contributed by atoms with E-state index in [1.165, 1.54) is 12.1 Å². The van der Waals surface area contributed by atoms with E-state index in [9.17, 15) is 14.4 Å². The molecule has 1 unspecified atom stereocenters. The minimum Gasteiger partial charge on any atom is -0.443 e. The number of rotatable bonds is 6. The van der Waals surface area contributed by atoms with E-state index in [1.807, 2.05) is 37.9 Å². The number of nitrogens with zero attached hydrogens (tertiary/aromatic N) is 3. The Bertz CT molecular complexity index is 952. The molecule has 1 aromatic rings. The zero-order chi connectivity index (χ0) is 26.6. The van der Waals surface area contributed by atoms with Crippen molar-refractivity contribution in [3.63, 3.8) is 0 Å². The van der Waals surface area contributed by atoms with Gasteiger partial charge < -0.3 is 9.64 Å². The van der Waals surface area contributed by atoms with Crippen molar-refractivity contribution in [2.45, 2.75) is 77.4 Å². The number of carbonyl (C=O) groups is 3. The van der Waals surface area contributed by atoms with Gasteiger partial charge in [0.2, 0.25) is 11.8 Å². The summed E-state index contributed by atoms with van der Waals surface area (Å²) in [4.78, 5) is 40.6. The minimum atomic E-state index is -0.483. The monoisotopic (exact) mass is 513 g/mol. The first-order valence-corrected chi connectivity index (χ1v) is 13.7. The normalized spacial score (nSPS) is 24.6. The highest BCUT2D eigenvalue weighted by molar-refractivity contribution is 6.00. The van der Waals surface area contributed by atoms with Crippen molar-refractivity contribution in [3.8, 4) is 0 Å². The Morgan fingerprint density at radius 2 is 1.76 bits per heavy atom. The average molecular weight is 514 g/mol. The van der Waals surface area contributed by atoms with E-state index in [1.54, 1.807) is 0 Å². The van der Waals surface area contributed by atoms with Crippen LogP contribution in [-0.4, -0.2) is 78.7 Å². The molecule has 4 rings (SSSR count). The molecule has 3 saturated heterocycles. The zero-order valence-corrected chi connectivity index (χ0v) is 22.8. The first-order chi connectivity index (χ1) is 17.6. The van der Waals surface area contributed by atoms with Gasteiger partial charge >= 0.3 is 6.09 Å². The van der Waals surface area contributed by atoms with Crippen molar-refractivity contribution in [2.24, 2.45) is 5.92 Å². The molecular formula is C28H43N5O4. The minimum absolute atomic E-state index is 0.176. The van der Waals surface area contributed by atoms with E-state index in [0.29, 0.717) is 24.8 Å². The maximum Gasteiger partial charge on any atom is 0.422 e. The highest BCUT2D eigenvalue weighted by atomic mass is 16.6. The summed E-state index contributed by atoms with van der Waals surface area (Å²) in [5.41, 5.74) is 4.56. The van der Waals surface area contributed by atoms with Crippen LogP contribution < -0.4 is 15.6 Å². The first kappa shape index (κ1) is 27.4. The fourth-order valence-electron chi connectivity index (χ4n) is 5.66. The van der Waals surface area contributed by atoms with E-state index in [-0.39, 0.29) is 23.8 Å². The number of hydrogen-bond donors (Lipinski definition) is 2. The van der Waals surface area contributed by atoms with Gasteiger partial charge in [-0.15, -0.1) is 0 Å². The maximum atomic E-state index is 12.2. The SMILES string of the molecule is C[C@@H]1CN(CCC2CCN(NC(=O)OC(C)(C)C)CC2)CCN1c1ccc(C2CCC(=O)NC2=O)cc1. The molecule has 0 radical (unpaired) electrons. The second-order valence-corrected chi connectivity index (χ2v) is 11.8. The number of nitrogens with one attached hydrogen (secondary N) is 2. The lowest BCUT2D eigenvalue weighted by molar-refractivity contribution is -0.134. The summed E-state index contributed by atoms with van der Waals surface area (Å²) >= 11 is 0. The van der Waals surface area contributed by atoms with Crippen LogP contribution in [0.4, 0.5) is 10.5 Å². The lowest BCUT2D eigenvalue weighted by Crippen LogP contribution is -2.52. The summed E-state index contributed by atoms with van der Waals surface area (Å²) in [5.74, 6) is 0.0898. The van der Waals surface area contributed by atoms with Crippen LogP contribution in [0.3, 0.4) is 0 Å². The summed E-state index contributed by atoms with van der Waals surface area (Å²) < 4.78 is 5.36. The molecule has 0 aliphatic carbocycles. The van der Waals surface area contributed by atoms with Gasteiger partial charge in [-0.05, 0) is 83.5 Å². The molecule has 9 heteroatoms. The van der Waals surface area contributed by atoms with Crippen LogP contribution >= 0.6 is 0 Å². The van der Waals surface area contributed by atoms with Crippen LogP contribution in [0.1, 0.15) is 71.3 Å². The van der Waals surface area contributed by atoms with Gasteiger partial charge in [0.25, 0.3) is 0 Å². The van der Waals surface area contributed by atoms with Crippen molar-refractivity contribution in [1.82, 2.24) is 20.7 Å². The molecule has 3 heterocycles. The molecule has 9 nitrogen and oxygen atoms in total. The molecule has 0 bridgehead atoms. The number of hydrogen-bond acceptors (Lipinski definition) is 7. The standard InChI is InChI=1S/C28H43N5O4/c1-20-19-31(14-11-21-12-15-32(16-13-21)30-27(36)37-28(2,3)4)17-18-33(20)23-7-5-22(6-8-23)24-9-10-25(34)29-26(24)35/h5-8,20-21,24H,9-19H2,1-4H3,(H,30,36)(H,29,34,35)/t20-,24?/m1/s1. The number of ether oxygens (including phenoxy) is 1. The summed E-state index contributed by atoms with van der Waals surface area (Å²) in [6.45, 7) is 13.8. The fourth-order valence-corrected chi connectivity index (χ4v) is 5.66. The molecule has 204 valence electrons. The Morgan fingerprint density at radius 1 is 1.05 bits per heavy atom. The predicted octanol–water partition coefficient (Wildman–Crippen LogP) is 3.26. The van der Waals surface area contributed by atoms with Crippen molar-refractivity contribution >= 4 is 23.6 Å². The third-order valence-electron chi connectivity index (χ3n) is 7.69. The number of piperazine rings is 1. The summed E-state index contributed by atoms with van der Waals surface area (Å²) in [6, 6.07) is 8.72. The molecule has 0 saturated carbocycles. The quantitative estimate of drug-likeness (QED) is 0.564. The molecular weight excluding hydrogens is 470 g/mol. The smallest absolute Gasteiger partial charge is 0.422 e. The molecule has 2 N–H and O–H groups in total. The summed E-state index contributed by atoms with van der Waals surface area (Å²) in [7, 11) is 0. The molecule has 0 spiro atoms. The van der Waals surface area contributed by atoms with E-state index >= 15 is 0 Å². The average Bonchev–Trinajstić information content (AvgIpc) is 2.83. The second kappa shape index (κ2) is 11.8. The van der Waals surface area contributed by atoms with E-state index in [2.05, 4.69) is 39.6 Å². The molecule has 3 amide bonds. The fraction of sp³-hybridized carbons (Fsp3) is 0.679. The second-order valence-electron chi connectivity index (χ2n) is 11.8. The van der Waals surface area contributed by atoms with Crippen LogP contribution in [0.2, 0.25) is 0 Å². The number of imide groups is 1. The first-order valence-electron chi connectivity index (χ1n) is 13.7. The highest BCUT2D eigenvalue weighted by Crippen LogP contribution is 2.28. The molecule has 0 aromatic heterocycles. The summed E-state index contributed by atoms with van der Waals surface area (Å²) in [6.07, 6.45) is 3.98. The van der Waals surface area contributed by atoms with Crippen molar-refractivity contribution < 1.29 is 19.1 Å². The zero-order valence-electron chi connectivity index (χ0n) is 22.8. The van der Waals surface area contributed by atoms with Crippen LogP contribution in [-0.2, 0) is 14.3 Å². The lowest BCUT2D eigenvalue weighted by atomic mass is 9.90. The Hall–Kier alpha value is -2.65. The van der Waals surface area contributed by atoms with E-state index in [0.717, 1.165) is 57.7 Å².